The smallest absolute Gasteiger partial charge is 0.264 e. The largest absolute Gasteiger partial charge is 0.484 e. The molecule has 116 valence electrons. The third-order valence-electron chi connectivity index (χ3n) is 3.22. The van der Waals surface area contributed by atoms with Crippen LogP contribution in [0.2, 0.25) is 0 Å². The van der Waals surface area contributed by atoms with Crippen molar-refractivity contribution >= 4 is 22.4 Å². The zero-order chi connectivity index (χ0) is 16.1. The van der Waals surface area contributed by atoms with E-state index in [1.165, 1.54) is 16.9 Å². The quantitative estimate of drug-likeness (QED) is 0.779. The molecule has 0 saturated carbocycles. The summed E-state index contributed by atoms with van der Waals surface area (Å²) in [5, 5.41) is 10.5. The van der Waals surface area contributed by atoms with Crippen molar-refractivity contribution in [2.24, 2.45) is 0 Å². The van der Waals surface area contributed by atoms with E-state index in [0.29, 0.717) is 10.9 Å². The fraction of sp³-hybridized carbons (Fsp3) is 0.118. The van der Waals surface area contributed by atoms with Crippen LogP contribution in [0.1, 0.15) is 5.56 Å². The van der Waals surface area contributed by atoms with E-state index in [9.17, 15) is 4.79 Å². The average molecular weight is 325 g/mol. The molecule has 2 aromatic carbocycles. The molecule has 0 aliphatic rings. The number of amides is 1. The first-order valence-corrected chi connectivity index (χ1v) is 7.94. The van der Waals surface area contributed by atoms with Crippen LogP contribution >= 0.6 is 11.3 Å². The van der Waals surface area contributed by atoms with Crippen LogP contribution in [0.3, 0.4) is 0 Å². The first-order chi connectivity index (χ1) is 11.2. The van der Waals surface area contributed by atoms with Crippen LogP contribution in [0.5, 0.6) is 5.75 Å². The molecule has 0 bridgehead atoms. The highest BCUT2D eigenvalue weighted by Crippen LogP contribution is 2.22. The van der Waals surface area contributed by atoms with Gasteiger partial charge in [-0.3, -0.25) is 10.1 Å². The number of anilines is 1. The van der Waals surface area contributed by atoms with E-state index in [0.717, 1.165) is 11.1 Å². The van der Waals surface area contributed by atoms with Gasteiger partial charge in [0, 0.05) is 0 Å². The molecule has 0 aliphatic heterocycles. The van der Waals surface area contributed by atoms with E-state index < -0.39 is 0 Å². The van der Waals surface area contributed by atoms with Crippen molar-refractivity contribution in [1.82, 2.24) is 10.2 Å². The Bertz CT molecular complexity index is 769. The number of hydrogen-bond acceptors (Lipinski definition) is 5. The van der Waals surface area contributed by atoms with Crippen molar-refractivity contribution in [3.63, 3.8) is 0 Å². The summed E-state index contributed by atoms with van der Waals surface area (Å²) in [6.07, 6.45) is 0. The summed E-state index contributed by atoms with van der Waals surface area (Å²) in [6.45, 7) is 2.00. The summed E-state index contributed by atoms with van der Waals surface area (Å²) >= 11 is 1.26. The molecule has 0 radical (unpaired) electrons. The summed E-state index contributed by atoms with van der Waals surface area (Å²) < 4.78 is 5.47. The number of nitrogens with one attached hydrogen (secondary N) is 1. The lowest BCUT2D eigenvalue weighted by atomic mass is 10.0. The Morgan fingerprint density at radius 3 is 2.35 bits per heavy atom. The van der Waals surface area contributed by atoms with Crippen LogP contribution in [-0.2, 0) is 4.79 Å². The molecule has 1 aromatic heterocycles. The van der Waals surface area contributed by atoms with Gasteiger partial charge in [-0.05, 0) is 30.2 Å². The Morgan fingerprint density at radius 2 is 1.74 bits per heavy atom. The van der Waals surface area contributed by atoms with Crippen molar-refractivity contribution in [3.8, 4) is 16.9 Å². The van der Waals surface area contributed by atoms with Gasteiger partial charge in [-0.15, -0.1) is 10.2 Å². The molecule has 1 N–H and O–H groups in total. The Kier molecular flexibility index (Phi) is 4.63. The van der Waals surface area contributed by atoms with E-state index in [2.05, 4.69) is 46.7 Å². The van der Waals surface area contributed by atoms with E-state index >= 15 is 0 Å². The van der Waals surface area contributed by atoms with E-state index in [1.54, 1.807) is 5.51 Å². The standard InChI is InChI=1S/C17H15N3O2S/c1-12-2-4-13(5-3-12)14-6-8-15(9-7-14)22-10-16(21)19-17-20-18-11-23-17/h2-9,11H,10H2,1H3,(H,19,20,21). The summed E-state index contributed by atoms with van der Waals surface area (Å²) in [4.78, 5) is 11.7. The molecule has 0 saturated heterocycles. The molecule has 3 aromatic rings. The van der Waals surface area contributed by atoms with E-state index in [-0.39, 0.29) is 12.5 Å². The third kappa shape index (κ3) is 4.14. The molecule has 23 heavy (non-hydrogen) atoms. The zero-order valence-corrected chi connectivity index (χ0v) is 13.3. The number of rotatable bonds is 5. The minimum absolute atomic E-state index is 0.0660. The highest BCUT2D eigenvalue weighted by atomic mass is 32.1. The minimum atomic E-state index is -0.260. The first kappa shape index (κ1) is 15.2. The fourth-order valence-electron chi connectivity index (χ4n) is 2.02. The van der Waals surface area contributed by atoms with Gasteiger partial charge in [0.25, 0.3) is 5.91 Å². The molecule has 0 atom stereocenters. The third-order valence-corrected chi connectivity index (χ3v) is 3.82. The second kappa shape index (κ2) is 7.02. The lowest BCUT2D eigenvalue weighted by Crippen LogP contribution is -2.20. The lowest BCUT2D eigenvalue weighted by molar-refractivity contribution is -0.118. The van der Waals surface area contributed by atoms with Gasteiger partial charge in [0.2, 0.25) is 5.13 Å². The van der Waals surface area contributed by atoms with Gasteiger partial charge >= 0.3 is 0 Å². The number of nitrogens with zero attached hydrogens (tertiary/aromatic N) is 2. The van der Waals surface area contributed by atoms with Crippen molar-refractivity contribution in [1.29, 1.82) is 0 Å². The SMILES string of the molecule is Cc1ccc(-c2ccc(OCC(=O)Nc3nncs3)cc2)cc1. The number of ether oxygens (including phenoxy) is 1. The second-order valence-corrected chi connectivity index (χ2v) is 5.80. The maximum Gasteiger partial charge on any atom is 0.264 e. The molecule has 0 fully saturated rings. The fourth-order valence-corrected chi connectivity index (χ4v) is 2.48. The van der Waals surface area contributed by atoms with Crippen molar-refractivity contribution in [3.05, 3.63) is 59.6 Å². The van der Waals surface area contributed by atoms with Crippen molar-refractivity contribution in [2.75, 3.05) is 11.9 Å². The number of aromatic nitrogens is 2. The number of benzene rings is 2. The predicted molar refractivity (Wildman–Crippen MR) is 90.6 cm³/mol. The molecule has 0 aliphatic carbocycles. The lowest BCUT2D eigenvalue weighted by Gasteiger charge is -2.07. The van der Waals surface area contributed by atoms with Gasteiger partial charge in [-0.2, -0.15) is 0 Å². The van der Waals surface area contributed by atoms with Gasteiger partial charge < -0.3 is 4.74 Å². The normalized spacial score (nSPS) is 10.3. The number of aryl methyl sites for hydroxylation is 1. The van der Waals surface area contributed by atoms with Crippen molar-refractivity contribution in [2.45, 2.75) is 6.92 Å². The van der Waals surface area contributed by atoms with Gasteiger partial charge in [-0.1, -0.05) is 53.3 Å². The summed E-state index contributed by atoms with van der Waals surface area (Å²) in [5.74, 6) is 0.387. The number of carbonyl (C=O) groups is 1. The van der Waals surface area contributed by atoms with Crippen LogP contribution < -0.4 is 10.1 Å². The minimum Gasteiger partial charge on any atom is -0.484 e. The maximum atomic E-state index is 11.7. The Balaban J connectivity index is 1.57. The topological polar surface area (TPSA) is 64.1 Å². The summed E-state index contributed by atoms with van der Waals surface area (Å²) in [5.41, 5.74) is 5.04. The summed E-state index contributed by atoms with van der Waals surface area (Å²) in [6, 6.07) is 16.0. The zero-order valence-electron chi connectivity index (χ0n) is 12.5. The molecule has 1 amide bonds. The first-order valence-electron chi connectivity index (χ1n) is 7.06. The molecular formula is C17H15N3O2S. The highest BCUT2D eigenvalue weighted by molar-refractivity contribution is 7.13. The molecule has 0 unspecified atom stereocenters. The van der Waals surface area contributed by atoms with Crippen LogP contribution in [0, 0.1) is 6.92 Å². The van der Waals surface area contributed by atoms with Gasteiger partial charge in [0.1, 0.15) is 11.3 Å². The van der Waals surface area contributed by atoms with Crippen LogP contribution in [0.25, 0.3) is 11.1 Å². The van der Waals surface area contributed by atoms with Gasteiger partial charge in [-0.25, -0.2) is 0 Å². The number of carbonyl (C=O) groups excluding carboxylic acids is 1. The van der Waals surface area contributed by atoms with Crippen molar-refractivity contribution < 1.29 is 9.53 Å². The van der Waals surface area contributed by atoms with Crippen LogP contribution in [-0.4, -0.2) is 22.7 Å². The highest BCUT2D eigenvalue weighted by Gasteiger charge is 2.06. The monoisotopic (exact) mass is 325 g/mol. The van der Waals surface area contributed by atoms with Crippen LogP contribution in [0.15, 0.2) is 54.0 Å². The van der Waals surface area contributed by atoms with Crippen LogP contribution in [0.4, 0.5) is 5.13 Å². The predicted octanol–water partition coefficient (Wildman–Crippen LogP) is 3.53. The molecule has 6 heteroatoms. The maximum absolute atomic E-state index is 11.7. The summed E-state index contributed by atoms with van der Waals surface area (Å²) in [7, 11) is 0. The van der Waals surface area contributed by atoms with Gasteiger partial charge in [0.15, 0.2) is 6.61 Å². The second-order valence-electron chi connectivity index (χ2n) is 4.97. The Labute approximate surface area is 138 Å². The average Bonchev–Trinajstić information content (AvgIpc) is 3.07. The Morgan fingerprint density at radius 1 is 1.09 bits per heavy atom. The van der Waals surface area contributed by atoms with E-state index in [4.69, 9.17) is 4.74 Å². The molecule has 5 nitrogen and oxygen atoms in total. The number of hydrogen-bond donors (Lipinski definition) is 1. The molecule has 0 spiro atoms. The van der Waals surface area contributed by atoms with Gasteiger partial charge in [0.05, 0.1) is 0 Å². The molecule has 3 rings (SSSR count). The molecular weight excluding hydrogens is 310 g/mol. The Hall–Kier alpha value is -2.73. The van der Waals surface area contributed by atoms with E-state index in [1.807, 2.05) is 24.3 Å². The molecule has 1 heterocycles.